The van der Waals surface area contributed by atoms with E-state index >= 15 is 0 Å². The van der Waals surface area contributed by atoms with Gasteiger partial charge in [-0.05, 0) is 43.2 Å². The van der Waals surface area contributed by atoms with Gasteiger partial charge in [0.05, 0.1) is 13.2 Å². The molecule has 1 saturated heterocycles. The Balaban J connectivity index is 1.39. The number of methoxy groups -OCH3 is 1. The molecule has 2 heterocycles. The highest BCUT2D eigenvalue weighted by molar-refractivity contribution is 5.97. The van der Waals surface area contributed by atoms with E-state index in [9.17, 15) is 9.18 Å². The average Bonchev–Trinajstić information content (AvgIpc) is 3.18. The molecule has 2 aromatic carbocycles. The molecule has 3 aromatic rings. The molecule has 1 aromatic heterocycles. The molecule has 4 rings (SSSR count). The molecule has 1 amide bonds. The van der Waals surface area contributed by atoms with Gasteiger partial charge in [-0.3, -0.25) is 4.79 Å². The fraction of sp³-hybridized carbons (Fsp3) is 0.391. The van der Waals surface area contributed by atoms with Gasteiger partial charge in [0.2, 0.25) is 0 Å². The number of halogens is 1. The Bertz CT molecular complexity index is 1020. The molecule has 6 nitrogen and oxygen atoms in total. The van der Waals surface area contributed by atoms with Crippen LogP contribution in [0.4, 0.5) is 4.39 Å². The van der Waals surface area contributed by atoms with Gasteiger partial charge in [-0.15, -0.1) is 0 Å². The van der Waals surface area contributed by atoms with Gasteiger partial charge in [-0.2, -0.15) is 0 Å². The first-order chi connectivity index (χ1) is 14.6. The van der Waals surface area contributed by atoms with E-state index in [1.165, 1.54) is 12.1 Å². The van der Waals surface area contributed by atoms with Crippen molar-refractivity contribution in [3.8, 4) is 5.75 Å². The van der Waals surface area contributed by atoms with Crippen molar-refractivity contribution < 1.29 is 23.1 Å². The summed E-state index contributed by atoms with van der Waals surface area (Å²) < 4.78 is 29.9. The highest BCUT2D eigenvalue weighted by Crippen LogP contribution is 2.23. The van der Waals surface area contributed by atoms with Crippen molar-refractivity contribution in [2.45, 2.75) is 19.3 Å². The van der Waals surface area contributed by atoms with Gasteiger partial charge in [0.15, 0.2) is 11.5 Å². The number of nitrogens with zero attached hydrogens (tertiary/aromatic N) is 2. The Morgan fingerprint density at radius 1 is 1.30 bits per heavy atom. The van der Waals surface area contributed by atoms with Crippen LogP contribution in [0.25, 0.3) is 11.1 Å². The van der Waals surface area contributed by atoms with Crippen molar-refractivity contribution in [1.29, 1.82) is 0 Å². The molecular weight excluding hydrogens is 387 g/mol. The summed E-state index contributed by atoms with van der Waals surface area (Å²) >= 11 is 0. The van der Waals surface area contributed by atoms with Crippen LogP contribution >= 0.6 is 0 Å². The van der Waals surface area contributed by atoms with Crippen molar-refractivity contribution in [3.63, 3.8) is 0 Å². The standard InChI is InChI=1S/C23H25FN2O4/c1-28-11-9-22-25-20-8-7-17(12-21(20)30-22)23(27)26-10-3-4-16(14-26)15-29-19-6-2-5-18(24)13-19/h2,5-8,12-13,16H,3-4,9-11,14-15H2,1H3/t16-/m1/s1. The number of hydrogen-bond acceptors (Lipinski definition) is 5. The minimum absolute atomic E-state index is 0.0257. The first-order valence-electron chi connectivity index (χ1n) is 10.2. The predicted molar refractivity (Wildman–Crippen MR) is 110 cm³/mol. The SMILES string of the molecule is COCCc1nc2ccc(C(=O)N3CCC[C@@H](COc4cccc(F)c4)C3)cc2o1. The fourth-order valence-electron chi connectivity index (χ4n) is 3.74. The third-order valence-corrected chi connectivity index (χ3v) is 5.29. The van der Waals surface area contributed by atoms with E-state index in [-0.39, 0.29) is 17.6 Å². The van der Waals surface area contributed by atoms with Gasteiger partial charge in [0.1, 0.15) is 17.1 Å². The zero-order valence-corrected chi connectivity index (χ0v) is 17.0. The minimum atomic E-state index is -0.318. The number of piperidine rings is 1. The maximum atomic E-state index is 13.3. The first kappa shape index (κ1) is 20.3. The van der Waals surface area contributed by atoms with Crippen molar-refractivity contribution in [2.24, 2.45) is 5.92 Å². The molecule has 7 heteroatoms. The molecule has 0 spiro atoms. The van der Waals surface area contributed by atoms with E-state index < -0.39 is 0 Å². The molecule has 158 valence electrons. The zero-order chi connectivity index (χ0) is 20.9. The third kappa shape index (κ3) is 4.79. The van der Waals surface area contributed by atoms with Gasteiger partial charge in [0.25, 0.3) is 5.91 Å². The summed E-state index contributed by atoms with van der Waals surface area (Å²) in [6.07, 6.45) is 2.48. The number of aromatic nitrogens is 1. The molecule has 0 unspecified atom stereocenters. The van der Waals surface area contributed by atoms with Gasteiger partial charge in [0, 0.05) is 44.2 Å². The summed E-state index contributed by atoms with van der Waals surface area (Å²) in [5.74, 6) is 0.978. The number of likely N-dealkylation sites (tertiary alicyclic amines) is 1. The number of carbonyl (C=O) groups excluding carboxylic acids is 1. The van der Waals surface area contributed by atoms with Crippen LogP contribution < -0.4 is 4.74 Å². The van der Waals surface area contributed by atoms with Crippen molar-refractivity contribution >= 4 is 17.0 Å². The topological polar surface area (TPSA) is 64.8 Å². The number of benzene rings is 2. The Hall–Kier alpha value is -2.93. The Kier molecular flexibility index (Phi) is 6.28. The summed E-state index contributed by atoms with van der Waals surface area (Å²) in [4.78, 5) is 19.3. The summed E-state index contributed by atoms with van der Waals surface area (Å²) in [7, 11) is 1.63. The molecule has 1 aliphatic rings. The van der Waals surface area contributed by atoms with Gasteiger partial charge >= 0.3 is 0 Å². The fourth-order valence-corrected chi connectivity index (χ4v) is 3.74. The molecule has 0 N–H and O–H groups in total. The van der Waals surface area contributed by atoms with Gasteiger partial charge in [-0.25, -0.2) is 9.37 Å². The lowest BCUT2D eigenvalue weighted by Crippen LogP contribution is -2.41. The Morgan fingerprint density at radius 2 is 2.20 bits per heavy atom. The Labute approximate surface area is 174 Å². The monoisotopic (exact) mass is 412 g/mol. The number of hydrogen-bond donors (Lipinski definition) is 0. The van der Waals surface area contributed by atoms with Crippen molar-refractivity contribution in [1.82, 2.24) is 9.88 Å². The maximum absolute atomic E-state index is 13.3. The second-order valence-electron chi connectivity index (χ2n) is 7.56. The minimum Gasteiger partial charge on any atom is -0.493 e. The number of fused-ring (bicyclic) bond motifs is 1. The molecule has 0 saturated carbocycles. The van der Waals surface area contributed by atoms with Gasteiger partial charge in [-0.1, -0.05) is 6.07 Å². The van der Waals surface area contributed by atoms with Crippen LogP contribution in [0.1, 0.15) is 29.1 Å². The van der Waals surface area contributed by atoms with E-state index in [2.05, 4.69) is 4.98 Å². The van der Waals surface area contributed by atoms with Crippen LogP contribution in [0.15, 0.2) is 46.9 Å². The third-order valence-electron chi connectivity index (χ3n) is 5.29. The summed E-state index contributed by atoms with van der Waals surface area (Å²) in [6, 6.07) is 11.5. The van der Waals surface area contributed by atoms with Crippen LogP contribution in [0.3, 0.4) is 0 Å². The highest BCUT2D eigenvalue weighted by Gasteiger charge is 2.25. The van der Waals surface area contributed by atoms with Crippen LogP contribution in [0, 0.1) is 11.7 Å². The molecule has 0 radical (unpaired) electrons. The van der Waals surface area contributed by atoms with E-state index in [1.54, 1.807) is 31.4 Å². The number of oxazole rings is 1. The van der Waals surface area contributed by atoms with E-state index in [4.69, 9.17) is 13.9 Å². The largest absolute Gasteiger partial charge is 0.493 e. The first-order valence-corrected chi connectivity index (χ1v) is 10.2. The smallest absolute Gasteiger partial charge is 0.254 e. The Morgan fingerprint density at radius 3 is 3.03 bits per heavy atom. The van der Waals surface area contributed by atoms with Gasteiger partial charge < -0.3 is 18.8 Å². The van der Waals surface area contributed by atoms with E-state index in [0.717, 1.165) is 18.4 Å². The molecule has 0 aliphatic carbocycles. The lowest BCUT2D eigenvalue weighted by Gasteiger charge is -2.32. The summed E-state index contributed by atoms with van der Waals surface area (Å²) in [5.41, 5.74) is 1.93. The highest BCUT2D eigenvalue weighted by atomic mass is 19.1. The van der Waals surface area contributed by atoms with Crippen molar-refractivity contribution in [2.75, 3.05) is 33.4 Å². The molecular formula is C23H25FN2O4. The second-order valence-corrected chi connectivity index (χ2v) is 7.56. The van der Waals surface area contributed by atoms with E-state index in [1.807, 2.05) is 11.0 Å². The van der Waals surface area contributed by atoms with Crippen molar-refractivity contribution in [3.05, 3.63) is 59.7 Å². The number of ether oxygens (including phenoxy) is 2. The zero-order valence-electron chi connectivity index (χ0n) is 17.0. The maximum Gasteiger partial charge on any atom is 0.254 e. The molecule has 1 fully saturated rings. The second kappa shape index (κ2) is 9.26. The lowest BCUT2D eigenvalue weighted by atomic mass is 9.98. The van der Waals surface area contributed by atoms with Crippen LogP contribution in [0.2, 0.25) is 0 Å². The van der Waals surface area contributed by atoms with E-state index in [0.29, 0.717) is 55.5 Å². The predicted octanol–water partition coefficient (Wildman–Crippen LogP) is 4.09. The van der Waals surface area contributed by atoms with Crippen LogP contribution in [-0.2, 0) is 11.2 Å². The summed E-state index contributed by atoms with van der Waals surface area (Å²) in [6.45, 7) is 2.31. The average molecular weight is 412 g/mol. The number of carbonyl (C=O) groups is 1. The normalized spacial score (nSPS) is 16.7. The molecule has 1 aliphatic heterocycles. The molecule has 30 heavy (non-hydrogen) atoms. The quantitative estimate of drug-likeness (QED) is 0.585. The lowest BCUT2D eigenvalue weighted by molar-refractivity contribution is 0.0633. The number of amides is 1. The molecule has 0 bridgehead atoms. The summed E-state index contributed by atoms with van der Waals surface area (Å²) in [5, 5.41) is 0. The molecule has 1 atom stereocenters. The number of rotatable bonds is 7. The van der Waals surface area contributed by atoms with Crippen LogP contribution in [0.5, 0.6) is 5.75 Å². The van der Waals surface area contributed by atoms with Crippen LogP contribution in [-0.4, -0.2) is 49.2 Å².